The number of hydrogen-bond acceptors (Lipinski definition) is 1. The minimum atomic E-state index is 0.0961. The van der Waals surface area contributed by atoms with Crippen molar-refractivity contribution in [3.63, 3.8) is 0 Å². The van der Waals surface area contributed by atoms with Gasteiger partial charge in [-0.15, -0.1) is 0 Å². The van der Waals surface area contributed by atoms with E-state index in [9.17, 15) is 4.79 Å². The first-order chi connectivity index (χ1) is 6.09. The van der Waals surface area contributed by atoms with Gasteiger partial charge in [-0.2, -0.15) is 0 Å². The van der Waals surface area contributed by atoms with E-state index in [0.717, 1.165) is 12.8 Å². The number of allylic oxidation sites excluding steroid dienone is 1. The van der Waals surface area contributed by atoms with Crippen molar-refractivity contribution in [2.45, 2.75) is 45.6 Å². The minimum Gasteiger partial charge on any atom is -0.354 e. The van der Waals surface area contributed by atoms with E-state index in [2.05, 4.69) is 18.8 Å². The Kier molecular flexibility index (Phi) is 3.52. The fraction of sp³-hybridized carbons (Fsp3) is 0.727. The molecule has 13 heavy (non-hydrogen) atoms. The number of rotatable bonds is 2. The van der Waals surface area contributed by atoms with Gasteiger partial charge in [-0.25, -0.2) is 0 Å². The van der Waals surface area contributed by atoms with Gasteiger partial charge < -0.3 is 5.32 Å². The summed E-state index contributed by atoms with van der Waals surface area (Å²) in [5.41, 5.74) is 1.29. The van der Waals surface area contributed by atoms with Crippen molar-refractivity contribution in [3.8, 4) is 0 Å². The molecule has 1 rings (SSSR count). The van der Waals surface area contributed by atoms with Crippen molar-refractivity contribution >= 4 is 5.91 Å². The van der Waals surface area contributed by atoms with Gasteiger partial charge in [0.1, 0.15) is 0 Å². The van der Waals surface area contributed by atoms with Gasteiger partial charge in [0.2, 0.25) is 5.91 Å². The molecule has 0 aliphatic heterocycles. The molecule has 0 aromatic heterocycles. The van der Waals surface area contributed by atoms with Crippen LogP contribution >= 0.6 is 0 Å². The summed E-state index contributed by atoms with van der Waals surface area (Å²) < 4.78 is 0. The van der Waals surface area contributed by atoms with Crippen molar-refractivity contribution in [2.24, 2.45) is 5.92 Å². The molecular weight excluding hydrogens is 162 g/mol. The highest BCUT2D eigenvalue weighted by Crippen LogP contribution is 2.28. The second-order valence-corrected chi connectivity index (χ2v) is 4.10. The zero-order valence-corrected chi connectivity index (χ0v) is 8.60. The first kappa shape index (κ1) is 10.3. The summed E-state index contributed by atoms with van der Waals surface area (Å²) >= 11 is 0. The number of carbonyl (C=O) groups is 1. The first-order valence-corrected chi connectivity index (χ1v) is 5.02. The molecule has 74 valence electrons. The Hall–Kier alpha value is -0.790. The average molecular weight is 181 g/mol. The fourth-order valence-corrected chi connectivity index (χ4v) is 2.02. The molecule has 0 unspecified atom stereocenters. The molecule has 2 nitrogen and oxygen atoms in total. The Labute approximate surface area is 80.4 Å². The van der Waals surface area contributed by atoms with E-state index in [1.54, 1.807) is 6.92 Å². The molecule has 0 atom stereocenters. The van der Waals surface area contributed by atoms with Gasteiger partial charge in [-0.05, 0) is 38.5 Å². The van der Waals surface area contributed by atoms with Gasteiger partial charge in [0.15, 0.2) is 0 Å². The second-order valence-electron chi connectivity index (χ2n) is 4.10. The van der Waals surface area contributed by atoms with Gasteiger partial charge in [0.25, 0.3) is 0 Å². The zero-order valence-electron chi connectivity index (χ0n) is 8.60. The number of carbonyl (C=O) groups excluding carboxylic acids is 1. The molecular formula is C11H19NO. The summed E-state index contributed by atoms with van der Waals surface area (Å²) in [6.07, 6.45) is 4.58. The lowest BCUT2D eigenvalue weighted by atomic mass is 9.82. The Balaban J connectivity index is 2.30. The molecule has 0 aromatic carbocycles. The zero-order chi connectivity index (χ0) is 9.84. The fourth-order valence-electron chi connectivity index (χ4n) is 2.02. The summed E-state index contributed by atoms with van der Waals surface area (Å²) in [6.45, 7) is 7.67. The van der Waals surface area contributed by atoms with Crippen molar-refractivity contribution in [3.05, 3.63) is 12.2 Å². The third-order valence-corrected chi connectivity index (χ3v) is 2.83. The van der Waals surface area contributed by atoms with Gasteiger partial charge in [-0.3, -0.25) is 4.79 Å². The maximum atomic E-state index is 10.8. The monoisotopic (exact) mass is 181 g/mol. The molecule has 0 heterocycles. The second kappa shape index (κ2) is 4.45. The topological polar surface area (TPSA) is 29.1 Å². The van der Waals surface area contributed by atoms with E-state index in [-0.39, 0.29) is 5.91 Å². The molecule has 0 bridgehead atoms. The molecule has 0 aromatic rings. The van der Waals surface area contributed by atoms with Crippen LogP contribution in [0.25, 0.3) is 0 Å². The maximum absolute atomic E-state index is 10.8. The van der Waals surface area contributed by atoms with Crippen LogP contribution in [0.5, 0.6) is 0 Å². The van der Waals surface area contributed by atoms with Crippen LogP contribution in [-0.2, 0) is 4.79 Å². The Morgan fingerprint density at radius 2 is 1.77 bits per heavy atom. The smallest absolute Gasteiger partial charge is 0.217 e. The van der Waals surface area contributed by atoms with Crippen LogP contribution in [0, 0.1) is 5.92 Å². The highest BCUT2D eigenvalue weighted by atomic mass is 16.1. The quantitative estimate of drug-likeness (QED) is 0.650. The Morgan fingerprint density at radius 3 is 2.15 bits per heavy atom. The molecule has 1 amide bonds. The normalized spacial score (nSPS) is 28.2. The molecule has 1 N–H and O–H groups in total. The van der Waals surface area contributed by atoms with Gasteiger partial charge in [0, 0.05) is 13.0 Å². The standard InChI is InChI=1S/C11H19NO/c1-8(2)10-4-6-11(7-5-10)12-9(3)13/h10-11H,1,4-7H2,2-3H3,(H,12,13). The van der Waals surface area contributed by atoms with Crippen LogP contribution < -0.4 is 5.32 Å². The Bertz CT molecular complexity index is 202. The lowest BCUT2D eigenvalue weighted by Gasteiger charge is -2.28. The summed E-state index contributed by atoms with van der Waals surface area (Å²) in [5.74, 6) is 0.781. The van der Waals surface area contributed by atoms with Crippen molar-refractivity contribution in [1.29, 1.82) is 0 Å². The number of hydrogen-bond donors (Lipinski definition) is 1. The third kappa shape index (κ3) is 3.21. The summed E-state index contributed by atoms with van der Waals surface area (Å²) in [7, 11) is 0. The van der Waals surface area contributed by atoms with E-state index in [0.29, 0.717) is 12.0 Å². The summed E-state index contributed by atoms with van der Waals surface area (Å²) in [4.78, 5) is 10.8. The van der Waals surface area contributed by atoms with Gasteiger partial charge in [0.05, 0.1) is 0 Å². The van der Waals surface area contributed by atoms with Crippen LogP contribution in [0.2, 0.25) is 0 Å². The molecule has 1 fully saturated rings. The van der Waals surface area contributed by atoms with Crippen molar-refractivity contribution in [1.82, 2.24) is 5.32 Å². The average Bonchev–Trinajstić information content (AvgIpc) is 2.04. The number of nitrogens with one attached hydrogen (secondary N) is 1. The van der Waals surface area contributed by atoms with E-state index in [1.165, 1.54) is 18.4 Å². The molecule has 0 saturated heterocycles. The highest BCUT2D eigenvalue weighted by molar-refractivity contribution is 5.73. The Morgan fingerprint density at radius 1 is 1.23 bits per heavy atom. The third-order valence-electron chi connectivity index (χ3n) is 2.83. The largest absolute Gasteiger partial charge is 0.354 e. The SMILES string of the molecule is C=C(C)C1CCC(NC(C)=O)CC1. The lowest BCUT2D eigenvalue weighted by Crippen LogP contribution is -2.36. The predicted molar refractivity (Wildman–Crippen MR) is 54.4 cm³/mol. The molecule has 1 saturated carbocycles. The van der Waals surface area contributed by atoms with E-state index in [1.807, 2.05) is 0 Å². The van der Waals surface area contributed by atoms with Crippen LogP contribution in [0.15, 0.2) is 12.2 Å². The molecule has 2 heteroatoms. The van der Waals surface area contributed by atoms with E-state index < -0.39 is 0 Å². The molecule has 0 spiro atoms. The molecule has 0 radical (unpaired) electrons. The van der Waals surface area contributed by atoms with Crippen molar-refractivity contribution < 1.29 is 4.79 Å². The van der Waals surface area contributed by atoms with Crippen LogP contribution in [-0.4, -0.2) is 11.9 Å². The highest BCUT2D eigenvalue weighted by Gasteiger charge is 2.21. The minimum absolute atomic E-state index is 0.0961. The summed E-state index contributed by atoms with van der Waals surface area (Å²) in [5, 5.41) is 2.97. The van der Waals surface area contributed by atoms with E-state index in [4.69, 9.17) is 0 Å². The molecule has 1 aliphatic rings. The lowest BCUT2D eigenvalue weighted by molar-refractivity contribution is -0.119. The van der Waals surface area contributed by atoms with Gasteiger partial charge >= 0.3 is 0 Å². The molecule has 1 aliphatic carbocycles. The first-order valence-electron chi connectivity index (χ1n) is 5.02. The van der Waals surface area contributed by atoms with Crippen LogP contribution in [0.1, 0.15) is 39.5 Å². The van der Waals surface area contributed by atoms with Crippen molar-refractivity contribution in [2.75, 3.05) is 0 Å². The van der Waals surface area contributed by atoms with Crippen LogP contribution in [0.4, 0.5) is 0 Å². The van der Waals surface area contributed by atoms with Gasteiger partial charge in [-0.1, -0.05) is 12.2 Å². The summed E-state index contributed by atoms with van der Waals surface area (Å²) in [6, 6.07) is 0.410. The number of amides is 1. The maximum Gasteiger partial charge on any atom is 0.217 e. The van der Waals surface area contributed by atoms with Crippen LogP contribution in [0.3, 0.4) is 0 Å². The van der Waals surface area contributed by atoms with E-state index >= 15 is 0 Å². The predicted octanol–water partition coefficient (Wildman–Crippen LogP) is 2.26.